The van der Waals surface area contributed by atoms with E-state index in [1.54, 1.807) is 0 Å². The molecule has 27 heavy (non-hydrogen) atoms. The fraction of sp³-hybridized carbons (Fsp3) is 0.333. The summed E-state index contributed by atoms with van der Waals surface area (Å²) in [5.41, 5.74) is -1.22. The molecule has 0 bridgehead atoms. The Labute approximate surface area is 177 Å². The zero-order chi connectivity index (χ0) is 22.1. The van der Waals surface area contributed by atoms with Crippen molar-refractivity contribution < 1.29 is 80.5 Å². The molecule has 1 fully saturated rings. The number of hydrogen-bond acceptors (Lipinski definition) is 4. The first kappa shape index (κ1) is 49.9. The molecule has 1 rings (SSSR count). The molecular weight excluding hydrogens is 458 g/mol. The second-order valence-electron chi connectivity index (χ2n) is 2.88. The molecule has 10 nitrogen and oxygen atoms in total. The van der Waals surface area contributed by atoms with E-state index in [0.29, 0.717) is 6.42 Å². The smallest absolute Gasteiger partial charge is 0.323 e. The Balaban J connectivity index is -0.0000000370. The number of methoxy groups -OCH3 is 2. The number of rotatable bonds is 3. The van der Waals surface area contributed by atoms with E-state index < -0.39 is 17.4 Å². The predicted octanol–water partition coefficient (Wildman–Crippen LogP) is -0.0990. The molecule has 1 aliphatic rings. The van der Waals surface area contributed by atoms with Crippen molar-refractivity contribution in [1.29, 1.82) is 0 Å². The Morgan fingerprint density at radius 1 is 0.815 bits per heavy atom. The Hall–Kier alpha value is -1.87. The fourth-order valence-electron chi connectivity index (χ4n) is 1.36. The Morgan fingerprint density at radius 2 is 1.04 bits per heavy atom. The van der Waals surface area contributed by atoms with Crippen LogP contribution in [-0.2, 0) is 80.5 Å². The first-order valence-corrected chi connectivity index (χ1v) is 4.99. The second kappa shape index (κ2) is 44.0. The summed E-state index contributed by atoms with van der Waals surface area (Å²) in [5, 5.41) is 0. The Kier molecular flexibility index (Phi) is 81.3. The monoisotopic (exact) mass is 468 g/mol. The van der Waals surface area contributed by atoms with Gasteiger partial charge >= 0.3 is 79.8 Å². The summed E-state index contributed by atoms with van der Waals surface area (Å²) in [6, 6.07) is 0. The number of esters is 2. The van der Waals surface area contributed by atoms with Gasteiger partial charge in [-0.25, -0.2) is 0 Å². The van der Waals surface area contributed by atoms with E-state index in [0.717, 1.165) is 0 Å². The van der Waals surface area contributed by atoms with Crippen molar-refractivity contribution in [3.8, 4) is 0 Å². The van der Waals surface area contributed by atoms with E-state index in [1.165, 1.54) is 14.2 Å². The fourth-order valence-corrected chi connectivity index (χ4v) is 1.36. The van der Waals surface area contributed by atoms with Gasteiger partial charge in [-0.05, 0) is 12.5 Å². The Morgan fingerprint density at radius 3 is 1.15 bits per heavy atom. The number of hydrogen-bond donors (Lipinski definition) is 0. The molecule has 4 radical (unpaired) electrons. The summed E-state index contributed by atoms with van der Waals surface area (Å²) in [6.07, 6.45) is 2.68. The summed E-state index contributed by atoms with van der Waals surface area (Å²) in [5.74, 6) is -1.60. The van der Waals surface area contributed by atoms with Gasteiger partial charge in [0, 0.05) is 39.5 Å². The largest absolute Gasteiger partial charge is 0.468 e. The van der Waals surface area contributed by atoms with Crippen molar-refractivity contribution in [2.24, 2.45) is 11.3 Å². The molecule has 1 aliphatic carbocycles. The predicted molar refractivity (Wildman–Crippen MR) is 65.7 cm³/mol. The van der Waals surface area contributed by atoms with Crippen LogP contribution in [0.25, 0.3) is 0 Å². The van der Waals surface area contributed by atoms with Crippen LogP contribution in [0.15, 0.2) is 0 Å². The van der Waals surface area contributed by atoms with Crippen LogP contribution < -0.4 is 0 Å². The maximum absolute atomic E-state index is 11.2. The van der Waals surface area contributed by atoms with Crippen molar-refractivity contribution in [3.63, 3.8) is 0 Å². The number of carbonyl (C=O) groups is 2. The van der Waals surface area contributed by atoms with Gasteiger partial charge in [0.15, 0.2) is 5.41 Å². The van der Waals surface area contributed by atoms with Crippen LogP contribution >= 0.6 is 0 Å². The normalized spacial score (nSPS) is 11.6. The van der Waals surface area contributed by atoms with Crippen LogP contribution in [0.3, 0.4) is 0 Å². The molecule has 0 spiro atoms. The summed E-state index contributed by atoms with van der Waals surface area (Å²) >= 11 is 0. The van der Waals surface area contributed by atoms with Crippen molar-refractivity contribution in [2.45, 2.75) is 6.42 Å². The van der Waals surface area contributed by atoms with Crippen molar-refractivity contribution in [1.82, 2.24) is 0 Å². The topological polar surface area (TPSA) is 172 Å². The average molecular weight is 468 g/mol. The van der Waals surface area contributed by atoms with Gasteiger partial charge < -0.3 is 9.47 Å². The zero-order valence-electron chi connectivity index (χ0n) is 13.6. The molecule has 1 atom stereocenters. The van der Waals surface area contributed by atoms with E-state index >= 15 is 0 Å². The molecule has 0 N–H and O–H groups in total. The molecule has 0 saturated heterocycles. The summed E-state index contributed by atoms with van der Waals surface area (Å²) < 4.78 is 54.0. The van der Waals surface area contributed by atoms with E-state index in [9.17, 15) is 9.59 Å². The first-order chi connectivity index (χ1) is 12.1. The maximum atomic E-state index is 11.2. The van der Waals surface area contributed by atoms with E-state index in [1.807, 2.05) is 0 Å². The van der Waals surface area contributed by atoms with Crippen LogP contribution in [-0.4, -0.2) is 26.2 Å². The van der Waals surface area contributed by atoms with Crippen LogP contribution in [0.4, 0.5) is 0 Å². The number of carbonyl (C=O) groups excluding carboxylic acids is 2. The Bertz CT molecular complexity index is 426. The summed E-state index contributed by atoms with van der Waals surface area (Å²) in [7, 11) is 2.44. The molecule has 0 aliphatic heterocycles. The quantitative estimate of drug-likeness (QED) is 0.244. The van der Waals surface area contributed by atoms with Gasteiger partial charge in [0.2, 0.25) is 0 Å². The van der Waals surface area contributed by atoms with E-state index in [-0.39, 0.29) is 39.5 Å². The van der Waals surface area contributed by atoms with Gasteiger partial charge in [-0.15, -0.1) is 0 Å². The molecule has 0 aromatic carbocycles. The molecule has 148 valence electrons. The summed E-state index contributed by atoms with van der Waals surface area (Å²) in [6.45, 7) is 32.1. The van der Waals surface area contributed by atoms with Gasteiger partial charge in [-0.1, -0.05) is 6.58 Å². The standard InChI is InChI=1S/C9H10O4.6CO.2Co/c1-4-6-5-9(6,7(10)12-2)8(11)13-3;6*1-2;;/h1,6H,5H2,2-3H3;;;;;;;;. The molecule has 0 amide bonds. The minimum absolute atomic E-state index is 0. The van der Waals surface area contributed by atoms with Gasteiger partial charge in [0.25, 0.3) is 0 Å². The van der Waals surface area contributed by atoms with Crippen LogP contribution in [0, 0.1) is 63.9 Å². The van der Waals surface area contributed by atoms with E-state index in [4.69, 9.17) is 34.5 Å². The van der Waals surface area contributed by atoms with Crippen molar-refractivity contribution in [3.05, 3.63) is 52.6 Å². The molecule has 0 heterocycles. The first-order valence-electron chi connectivity index (χ1n) is 4.99. The number of allylic oxidation sites excluding steroid dienone is 1. The minimum Gasteiger partial charge on any atom is -0.468 e. The third-order valence-electron chi connectivity index (χ3n) is 2.26. The third kappa shape index (κ3) is 18.7. The molecule has 12 heteroatoms. The zero-order valence-corrected chi connectivity index (χ0v) is 15.7. The average Bonchev–Trinajstić information content (AvgIpc) is 3.51. The van der Waals surface area contributed by atoms with Crippen LogP contribution in [0.1, 0.15) is 6.42 Å². The molecule has 1 saturated carbocycles. The van der Waals surface area contributed by atoms with Gasteiger partial charge in [0.05, 0.1) is 14.2 Å². The van der Waals surface area contributed by atoms with Crippen LogP contribution in [0.2, 0.25) is 0 Å². The number of ether oxygens (including phenoxy) is 2. The SMILES string of the molecule is [C-]#[O+].[C-]#[O+].[C-]#[O+].[C-]#[O+].[C-]#[O+].[C-]#[O+].[CH]=[C]C1CC1(C(=O)OC)C(=O)OC.[Co].[Co]. The molecule has 1 unspecified atom stereocenters. The van der Waals surface area contributed by atoms with Crippen LogP contribution in [0.5, 0.6) is 0 Å². The van der Waals surface area contributed by atoms with Gasteiger partial charge in [-0.3, -0.25) is 9.59 Å². The van der Waals surface area contributed by atoms with Crippen molar-refractivity contribution in [2.75, 3.05) is 14.2 Å². The molecule has 0 aromatic heterocycles. The van der Waals surface area contributed by atoms with Gasteiger partial charge in [0.1, 0.15) is 0 Å². The van der Waals surface area contributed by atoms with E-state index in [2.05, 4.69) is 55.5 Å². The summed E-state index contributed by atoms with van der Waals surface area (Å²) in [4.78, 5) is 22.5. The second-order valence-corrected chi connectivity index (χ2v) is 2.88. The third-order valence-corrected chi connectivity index (χ3v) is 2.26. The maximum Gasteiger partial charge on any atom is 0.323 e. The van der Waals surface area contributed by atoms with Gasteiger partial charge in [-0.2, -0.15) is 0 Å². The minimum atomic E-state index is -1.22. The molecular formula is C15H10Co2O10. The molecule has 0 aromatic rings. The van der Waals surface area contributed by atoms with Crippen molar-refractivity contribution >= 4 is 11.9 Å².